The first-order valence-corrected chi connectivity index (χ1v) is 4.41. The highest BCUT2D eigenvalue weighted by Crippen LogP contribution is 2.34. The molecule has 13 heavy (non-hydrogen) atoms. The number of nitrogens with zero attached hydrogens (tertiary/aromatic N) is 1. The van der Waals surface area contributed by atoms with E-state index in [2.05, 4.69) is 9.72 Å². The van der Waals surface area contributed by atoms with E-state index in [9.17, 15) is 8.78 Å². The first-order chi connectivity index (χ1) is 6.07. The third-order valence-electron chi connectivity index (χ3n) is 1.48. The SMILES string of the molecule is COc1ncc(I)c(N)c1C(F)F. The van der Waals surface area contributed by atoms with Gasteiger partial charge in [0.15, 0.2) is 0 Å². The number of anilines is 1. The van der Waals surface area contributed by atoms with Crippen LogP contribution in [0.4, 0.5) is 14.5 Å². The largest absolute Gasteiger partial charge is 0.481 e. The van der Waals surface area contributed by atoms with E-state index in [0.717, 1.165) is 0 Å². The van der Waals surface area contributed by atoms with E-state index in [1.165, 1.54) is 13.3 Å². The topological polar surface area (TPSA) is 48.1 Å². The standard InChI is InChI=1S/C7H7F2IN2O/c1-13-7-4(6(8)9)5(11)3(10)2-12-7/h2,6H,1H3,(H2,11,12). The van der Waals surface area contributed by atoms with Crippen molar-refractivity contribution in [1.82, 2.24) is 4.98 Å². The molecule has 0 spiro atoms. The van der Waals surface area contributed by atoms with E-state index in [-0.39, 0.29) is 17.1 Å². The number of rotatable bonds is 2. The highest BCUT2D eigenvalue weighted by molar-refractivity contribution is 14.1. The van der Waals surface area contributed by atoms with Crippen LogP contribution in [0.1, 0.15) is 12.0 Å². The highest BCUT2D eigenvalue weighted by atomic mass is 127. The first kappa shape index (κ1) is 10.4. The molecule has 1 rings (SSSR count). The third-order valence-corrected chi connectivity index (χ3v) is 2.34. The molecular formula is C7H7F2IN2O. The molecule has 1 aromatic heterocycles. The molecule has 0 radical (unpaired) electrons. The van der Waals surface area contributed by atoms with Crippen LogP contribution in [0.2, 0.25) is 0 Å². The van der Waals surface area contributed by atoms with Crippen molar-refractivity contribution in [3.63, 3.8) is 0 Å². The smallest absolute Gasteiger partial charge is 0.271 e. The van der Waals surface area contributed by atoms with Gasteiger partial charge in [-0.3, -0.25) is 0 Å². The van der Waals surface area contributed by atoms with Crippen molar-refractivity contribution in [2.75, 3.05) is 12.8 Å². The Morgan fingerprint density at radius 3 is 2.69 bits per heavy atom. The average molecular weight is 300 g/mol. The minimum atomic E-state index is -2.67. The van der Waals surface area contributed by atoms with Gasteiger partial charge in [-0.05, 0) is 22.6 Å². The van der Waals surface area contributed by atoms with Crippen LogP contribution in [0.3, 0.4) is 0 Å². The summed E-state index contributed by atoms with van der Waals surface area (Å²) in [6, 6.07) is 0. The molecule has 72 valence electrons. The molecule has 0 fully saturated rings. The van der Waals surface area contributed by atoms with E-state index < -0.39 is 6.43 Å². The molecule has 6 heteroatoms. The lowest BCUT2D eigenvalue weighted by atomic mass is 10.2. The Morgan fingerprint density at radius 1 is 1.62 bits per heavy atom. The Balaban J connectivity index is 3.32. The molecule has 3 nitrogen and oxygen atoms in total. The molecule has 0 aliphatic rings. The van der Waals surface area contributed by atoms with E-state index in [0.29, 0.717) is 3.57 Å². The first-order valence-electron chi connectivity index (χ1n) is 3.34. The van der Waals surface area contributed by atoms with Crippen LogP contribution < -0.4 is 10.5 Å². The molecule has 0 bridgehead atoms. The van der Waals surface area contributed by atoms with Crippen molar-refractivity contribution in [2.24, 2.45) is 0 Å². The van der Waals surface area contributed by atoms with Crippen LogP contribution >= 0.6 is 22.6 Å². The van der Waals surface area contributed by atoms with Gasteiger partial charge in [-0.1, -0.05) is 0 Å². The zero-order chi connectivity index (χ0) is 10.0. The summed E-state index contributed by atoms with van der Waals surface area (Å²) < 4.78 is 30.1. The fraction of sp³-hybridized carbons (Fsp3) is 0.286. The van der Waals surface area contributed by atoms with Crippen LogP contribution in [-0.2, 0) is 0 Å². The number of hydrogen-bond donors (Lipinski definition) is 1. The molecule has 0 aliphatic heterocycles. The molecule has 0 amide bonds. The van der Waals surface area contributed by atoms with Gasteiger partial charge in [0.1, 0.15) is 5.56 Å². The van der Waals surface area contributed by atoms with Gasteiger partial charge in [-0.2, -0.15) is 0 Å². The van der Waals surface area contributed by atoms with E-state index >= 15 is 0 Å². The summed E-state index contributed by atoms with van der Waals surface area (Å²) in [6.07, 6.45) is -1.28. The maximum atomic E-state index is 12.5. The number of alkyl halides is 2. The lowest BCUT2D eigenvalue weighted by Gasteiger charge is -2.10. The Labute approximate surface area is 87.4 Å². The zero-order valence-electron chi connectivity index (χ0n) is 6.72. The normalized spacial score (nSPS) is 10.5. The van der Waals surface area contributed by atoms with Crippen LogP contribution in [-0.4, -0.2) is 12.1 Å². The summed E-state index contributed by atoms with van der Waals surface area (Å²) in [5, 5.41) is 0. The molecule has 1 aromatic rings. The number of aromatic nitrogens is 1. The fourth-order valence-electron chi connectivity index (χ4n) is 0.872. The minimum Gasteiger partial charge on any atom is -0.481 e. The van der Waals surface area contributed by atoms with Crippen LogP contribution in [0, 0.1) is 3.57 Å². The van der Waals surface area contributed by atoms with Crippen molar-refractivity contribution < 1.29 is 13.5 Å². The monoisotopic (exact) mass is 300 g/mol. The average Bonchev–Trinajstić information content (AvgIpc) is 2.08. The van der Waals surface area contributed by atoms with E-state index in [1.54, 1.807) is 0 Å². The number of halogens is 3. The number of methoxy groups -OCH3 is 1. The third kappa shape index (κ3) is 1.98. The molecule has 1 heterocycles. The van der Waals surface area contributed by atoms with E-state index in [1.807, 2.05) is 22.6 Å². The number of ether oxygens (including phenoxy) is 1. The zero-order valence-corrected chi connectivity index (χ0v) is 8.88. The lowest BCUT2D eigenvalue weighted by molar-refractivity contribution is 0.147. The summed E-state index contributed by atoms with van der Waals surface area (Å²) in [5.74, 6) is -0.118. The summed E-state index contributed by atoms with van der Waals surface area (Å²) in [7, 11) is 1.28. The van der Waals surface area contributed by atoms with Gasteiger partial charge in [0, 0.05) is 6.20 Å². The second kappa shape index (κ2) is 4.03. The summed E-state index contributed by atoms with van der Waals surface area (Å²) in [6.45, 7) is 0. The van der Waals surface area contributed by atoms with Crippen molar-refractivity contribution >= 4 is 28.3 Å². The number of pyridine rings is 1. The molecule has 0 aliphatic carbocycles. The predicted octanol–water partition coefficient (Wildman–Crippen LogP) is 2.21. The Kier molecular flexibility index (Phi) is 3.23. The van der Waals surface area contributed by atoms with Crippen molar-refractivity contribution in [3.05, 3.63) is 15.3 Å². The Bertz CT molecular complexity index is 320. The Hall–Kier alpha value is -0.660. The fourth-order valence-corrected chi connectivity index (χ4v) is 1.30. The highest BCUT2D eigenvalue weighted by Gasteiger charge is 2.20. The summed E-state index contributed by atoms with van der Waals surface area (Å²) >= 11 is 1.84. The quantitative estimate of drug-likeness (QED) is 0.852. The van der Waals surface area contributed by atoms with Crippen LogP contribution in [0.15, 0.2) is 6.20 Å². The molecule has 0 saturated carbocycles. The molecule has 0 unspecified atom stereocenters. The van der Waals surface area contributed by atoms with Gasteiger partial charge < -0.3 is 10.5 Å². The van der Waals surface area contributed by atoms with Crippen LogP contribution in [0.25, 0.3) is 0 Å². The van der Waals surface area contributed by atoms with Gasteiger partial charge in [0.2, 0.25) is 5.88 Å². The number of nitrogens with two attached hydrogens (primary N) is 1. The number of nitrogen functional groups attached to an aromatic ring is 1. The minimum absolute atomic E-state index is 0.0300. The van der Waals surface area contributed by atoms with Gasteiger partial charge in [-0.15, -0.1) is 0 Å². The molecule has 0 saturated heterocycles. The van der Waals surface area contributed by atoms with E-state index in [4.69, 9.17) is 5.73 Å². The van der Waals surface area contributed by atoms with Crippen molar-refractivity contribution in [1.29, 1.82) is 0 Å². The molecule has 0 atom stereocenters. The maximum Gasteiger partial charge on any atom is 0.271 e. The predicted molar refractivity (Wildman–Crippen MR) is 52.9 cm³/mol. The molecular weight excluding hydrogens is 293 g/mol. The molecule has 0 aromatic carbocycles. The second-order valence-electron chi connectivity index (χ2n) is 2.24. The summed E-state index contributed by atoms with van der Waals surface area (Å²) in [4.78, 5) is 3.69. The maximum absolute atomic E-state index is 12.5. The van der Waals surface area contributed by atoms with Gasteiger partial charge in [-0.25, -0.2) is 13.8 Å². The second-order valence-corrected chi connectivity index (χ2v) is 3.41. The lowest BCUT2D eigenvalue weighted by Crippen LogP contribution is -2.03. The van der Waals surface area contributed by atoms with Crippen molar-refractivity contribution in [2.45, 2.75) is 6.43 Å². The Morgan fingerprint density at radius 2 is 2.23 bits per heavy atom. The van der Waals surface area contributed by atoms with Gasteiger partial charge in [0.25, 0.3) is 6.43 Å². The molecule has 2 N–H and O–H groups in total. The van der Waals surface area contributed by atoms with Crippen molar-refractivity contribution in [3.8, 4) is 5.88 Å². The van der Waals surface area contributed by atoms with Gasteiger partial charge in [0.05, 0.1) is 16.4 Å². The number of hydrogen-bond acceptors (Lipinski definition) is 3. The van der Waals surface area contributed by atoms with Crippen LogP contribution in [0.5, 0.6) is 5.88 Å². The summed E-state index contributed by atoms with van der Waals surface area (Å²) in [5.41, 5.74) is 5.14. The van der Waals surface area contributed by atoms with Gasteiger partial charge >= 0.3 is 0 Å².